The molecular weight excluding hydrogens is 308 g/mol. The Bertz CT molecular complexity index is 666. The Morgan fingerprint density at radius 3 is 2.30 bits per heavy atom. The number of carbonyl (C=O) groups is 1. The Hall–Kier alpha value is -2.14. The Labute approximate surface area is 139 Å². The van der Waals surface area contributed by atoms with Crippen LogP contribution in [0.4, 0.5) is 5.69 Å². The summed E-state index contributed by atoms with van der Waals surface area (Å²) in [6.07, 6.45) is 0. The summed E-state index contributed by atoms with van der Waals surface area (Å²) >= 11 is 0. The average molecular weight is 330 g/mol. The van der Waals surface area contributed by atoms with E-state index in [1.165, 1.54) is 0 Å². The van der Waals surface area contributed by atoms with Crippen LogP contribution in [0.5, 0.6) is 0 Å². The fraction of sp³-hybridized carbons (Fsp3) is 0.278. The van der Waals surface area contributed by atoms with Crippen molar-refractivity contribution in [2.24, 2.45) is 0 Å². The monoisotopic (exact) mass is 330 g/mol. The van der Waals surface area contributed by atoms with Crippen molar-refractivity contribution in [2.75, 3.05) is 24.2 Å². The number of amides is 1. The van der Waals surface area contributed by atoms with Gasteiger partial charge in [-0.25, -0.2) is 0 Å². The van der Waals surface area contributed by atoms with Crippen LogP contribution in [0.3, 0.4) is 0 Å². The Morgan fingerprint density at radius 1 is 1.00 bits per heavy atom. The molecule has 2 aromatic carbocycles. The first-order chi connectivity index (χ1) is 11.1. The highest BCUT2D eigenvalue weighted by Crippen LogP contribution is 2.18. The molecule has 0 aromatic heterocycles. The SMILES string of the molecule is Cc1cccc(C)c1NCC(=O)NCC[S@](=O)c1ccccc1. The van der Waals surface area contributed by atoms with Gasteiger partial charge in [-0.1, -0.05) is 36.4 Å². The molecule has 2 rings (SSSR count). The van der Waals surface area contributed by atoms with Crippen molar-refractivity contribution in [1.82, 2.24) is 5.32 Å². The number of nitrogens with one attached hydrogen (secondary N) is 2. The van der Waals surface area contributed by atoms with Crippen LogP contribution >= 0.6 is 0 Å². The van der Waals surface area contributed by atoms with E-state index in [1.807, 2.05) is 62.4 Å². The minimum absolute atomic E-state index is 0.0993. The summed E-state index contributed by atoms with van der Waals surface area (Å²) in [6, 6.07) is 15.3. The lowest BCUT2D eigenvalue weighted by molar-refractivity contribution is -0.119. The zero-order chi connectivity index (χ0) is 16.7. The van der Waals surface area contributed by atoms with Crippen LogP contribution in [0.1, 0.15) is 11.1 Å². The number of anilines is 1. The fourth-order valence-electron chi connectivity index (χ4n) is 2.30. The maximum absolute atomic E-state index is 12.0. The molecule has 0 unspecified atom stereocenters. The largest absolute Gasteiger partial charge is 0.376 e. The summed E-state index contributed by atoms with van der Waals surface area (Å²) < 4.78 is 12.0. The fourth-order valence-corrected chi connectivity index (χ4v) is 3.28. The van der Waals surface area contributed by atoms with Crippen molar-refractivity contribution in [3.05, 3.63) is 59.7 Å². The molecule has 0 aliphatic carbocycles. The topological polar surface area (TPSA) is 58.2 Å². The van der Waals surface area contributed by atoms with Crippen molar-refractivity contribution in [2.45, 2.75) is 18.7 Å². The van der Waals surface area contributed by atoms with Crippen molar-refractivity contribution < 1.29 is 9.00 Å². The number of carbonyl (C=O) groups excluding carboxylic acids is 1. The second kappa shape index (κ2) is 8.48. The van der Waals surface area contributed by atoms with Gasteiger partial charge in [-0.3, -0.25) is 9.00 Å². The third-order valence-electron chi connectivity index (χ3n) is 3.52. The van der Waals surface area contributed by atoms with E-state index >= 15 is 0 Å². The van der Waals surface area contributed by atoms with Crippen LogP contribution in [-0.4, -0.2) is 29.0 Å². The second-order valence-electron chi connectivity index (χ2n) is 5.33. The molecule has 0 fully saturated rings. The molecule has 1 atom stereocenters. The maximum atomic E-state index is 12.0. The Kier molecular flexibility index (Phi) is 6.35. The molecule has 2 N–H and O–H groups in total. The van der Waals surface area contributed by atoms with E-state index in [-0.39, 0.29) is 12.5 Å². The van der Waals surface area contributed by atoms with Crippen molar-refractivity contribution >= 4 is 22.4 Å². The highest BCUT2D eigenvalue weighted by molar-refractivity contribution is 7.85. The Morgan fingerprint density at radius 2 is 1.65 bits per heavy atom. The zero-order valence-corrected chi connectivity index (χ0v) is 14.3. The average Bonchev–Trinajstić information content (AvgIpc) is 2.55. The van der Waals surface area contributed by atoms with Crippen LogP contribution in [0.2, 0.25) is 0 Å². The van der Waals surface area contributed by atoms with Gasteiger partial charge in [0.15, 0.2) is 0 Å². The van der Waals surface area contributed by atoms with Gasteiger partial charge in [0.25, 0.3) is 0 Å². The highest BCUT2D eigenvalue weighted by Gasteiger charge is 2.07. The smallest absolute Gasteiger partial charge is 0.239 e. The van der Waals surface area contributed by atoms with Gasteiger partial charge in [0.2, 0.25) is 5.91 Å². The van der Waals surface area contributed by atoms with E-state index in [0.29, 0.717) is 12.3 Å². The summed E-state index contributed by atoms with van der Waals surface area (Å²) in [6.45, 7) is 4.63. The molecule has 0 heterocycles. The van der Waals surface area contributed by atoms with E-state index in [1.54, 1.807) is 0 Å². The molecule has 0 saturated carbocycles. The molecule has 0 radical (unpaired) electrons. The predicted octanol–water partition coefficient (Wildman–Crippen LogP) is 2.64. The molecule has 0 spiro atoms. The molecule has 4 nitrogen and oxygen atoms in total. The van der Waals surface area contributed by atoms with Gasteiger partial charge < -0.3 is 10.6 Å². The van der Waals surface area contributed by atoms with Gasteiger partial charge in [-0.15, -0.1) is 0 Å². The first kappa shape index (κ1) is 17.2. The normalized spacial score (nSPS) is 11.7. The van der Waals surface area contributed by atoms with Crippen LogP contribution < -0.4 is 10.6 Å². The minimum atomic E-state index is -1.08. The van der Waals surface area contributed by atoms with Gasteiger partial charge in [0.05, 0.1) is 17.3 Å². The molecule has 0 saturated heterocycles. The van der Waals surface area contributed by atoms with Gasteiger partial charge in [-0.05, 0) is 37.1 Å². The van der Waals surface area contributed by atoms with Crippen molar-refractivity contribution in [1.29, 1.82) is 0 Å². The number of aryl methyl sites for hydroxylation is 2. The first-order valence-electron chi connectivity index (χ1n) is 7.58. The number of rotatable bonds is 7. The van der Waals surface area contributed by atoms with E-state index in [4.69, 9.17) is 0 Å². The number of hydrogen-bond acceptors (Lipinski definition) is 3. The standard InChI is InChI=1S/C18H22N2O2S/c1-14-7-6-8-15(2)18(14)20-13-17(21)19-11-12-23(22)16-9-4-3-5-10-16/h3-10,20H,11-13H2,1-2H3,(H,19,21)/t23-/m0/s1. The predicted molar refractivity (Wildman–Crippen MR) is 95.1 cm³/mol. The zero-order valence-electron chi connectivity index (χ0n) is 13.5. The quantitative estimate of drug-likeness (QED) is 0.820. The van der Waals surface area contributed by atoms with Crippen molar-refractivity contribution in [3.63, 3.8) is 0 Å². The summed E-state index contributed by atoms with van der Waals surface area (Å²) in [5.74, 6) is 0.316. The Balaban J connectivity index is 1.74. The van der Waals surface area contributed by atoms with E-state index in [2.05, 4.69) is 10.6 Å². The molecule has 0 aliphatic heterocycles. The summed E-state index contributed by atoms with van der Waals surface area (Å²) in [7, 11) is -1.08. The molecule has 122 valence electrons. The lowest BCUT2D eigenvalue weighted by atomic mass is 10.1. The third-order valence-corrected chi connectivity index (χ3v) is 4.90. The van der Waals surface area contributed by atoms with Crippen molar-refractivity contribution in [3.8, 4) is 0 Å². The maximum Gasteiger partial charge on any atom is 0.239 e. The minimum Gasteiger partial charge on any atom is -0.376 e. The lowest BCUT2D eigenvalue weighted by Gasteiger charge is -2.12. The van der Waals surface area contributed by atoms with Crippen LogP contribution in [0.15, 0.2) is 53.4 Å². The molecule has 23 heavy (non-hydrogen) atoms. The summed E-state index contributed by atoms with van der Waals surface area (Å²) in [4.78, 5) is 12.7. The number of benzene rings is 2. The van der Waals surface area contributed by atoms with Gasteiger partial charge in [0.1, 0.15) is 0 Å². The first-order valence-corrected chi connectivity index (χ1v) is 8.90. The molecule has 0 bridgehead atoms. The number of hydrogen-bond donors (Lipinski definition) is 2. The van der Waals surface area contributed by atoms with Crippen LogP contribution in [0, 0.1) is 13.8 Å². The van der Waals surface area contributed by atoms with E-state index < -0.39 is 10.8 Å². The van der Waals surface area contributed by atoms with E-state index in [0.717, 1.165) is 21.7 Å². The van der Waals surface area contributed by atoms with Crippen LogP contribution in [-0.2, 0) is 15.6 Å². The third kappa shape index (κ3) is 5.21. The van der Waals surface area contributed by atoms with Gasteiger partial charge >= 0.3 is 0 Å². The summed E-state index contributed by atoms with van der Waals surface area (Å²) in [5, 5.41) is 5.96. The van der Waals surface area contributed by atoms with Crippen LogP contribution in [0.25, 0.3) is 0 Å². The highest BCUT2D eigenvalue weighted by atomic mass is 32.2. The molecule has 2 aromatic rings. The molecule has 5 heteroatoms. The lowest BCUT2D eigenvalue weighted by Crippen LogP contribution is -2.33. The second-order valence-corrected chi connectivity index (χ2v) is 6.90. The van der Waals surface area contributed by atoms with E-state index in [9.17, 15) is 9.00 Å². The number of para-hydroxylation sites is 1. The molecule has 0 aliphatic rings. The summed E-state index contributed by atoms with van der Waals surface area (Å²) in [5.41, 5.74) is 3.22. The van der Waals surface area contributed by atoms with Gasteiger partial charge in [-0.2, -0.15) is 0 Å². The molecular formula is C18H22N2O2S. The van der Waals surface area contributed by atoms with Gasteiger partial charge in [0, 0.05) is 22.9 Å². The molecule has 1 amide bonds.